The highest BCUT2D eigenvalue weighted by molar-refractivity contribution is 7.99. The lowest BCUT2D eigenvalue weighted by Gasteiger charge is -2.01. The first-order chi connectivity index (χ1) is 9.22. The number of nitrogens with one attached hydrogen (secondary N) is 1. The zero-order valence-electron chi connectivity index (χ0n) is 10.1. The van der Waals surface area contributed by atoms with Crippen molar-refractivity contribution in [3.63, 3.8) is 0 Å². The van der Waals surface area contributed by atoms with Crippen LogP contribution in [-0.4, -0.2) is 26.9 Å². The van der Waals surface area contributed by atoms with Gasteiger partial charge in [0.1, 0.15) is 0 Å². The van der Waals surface area contributed by atoms with Crippen molar-refractivity contribution >= 4 is 17.7 Å². The summed E-state index contributed by atoms with van der Waals surface area (Å²) < 4.78 is 1.86. The van der Waals surface area contributed by atoms with Gasteiger partial charge in [0.2, 0.25) is 0 Å². The third kappa shape index (κ3) is 3.19. The second-order valence-electron chi connectivity index (χ2n) is 3.65. The molecule has 0 aliphatic heterocycles. The van der Waals surface area contributed by atoms with Gasteiger partial charge in [-0.3, -0.25) is 4.98 Å². The molecule has 1 N–H and O–H groups in total. The fraction of sp³-hybridized carbons (Fsp3) is 0.167. The van der Waals surface area contributed by atoms with Crippen molar-refractivity contribution in [1.29, 1.82) is 0 Å². The largest absolute Gasteiger partial charge is 0.549 e. The predicted molar refractivity (Wildman–Crippen MR) is 67.9 cm³/mol. The summed E-state index contributed by atoms with van der Waals surface area (Å²) in [6.07, 6.45) is 5.09. The van der Waals surface area contributed by atoms with Crippen molar-refractivity contribution in [1.82, 2.24) is 15.2 Å². The van der Waals surface area contributed by atoms with E-state index in [2.05, 4.69) is 21.8 Å². The van der Waals surface area contributed by atoms with Crippen LogP contribution in [0.25, 0.3) is 11.4 Å². The molecule has 0 unspecified atom stereocenters. The Hall–Kier alpha value is -2.15. The van der Waals surface area contributed by atoms with E-state index >= 15 is 0 Å². The van der Waals surface area contributed by atoms with Crippen molar-refractivity contribution in [3.05, 3.63) is 37.2 Å². The van der Waals surface area contributed by atoms with Crippen molar-refractivity contribution in [3.8, 4) is 11.4 Å². The molecular formula is C12H12N4O2S. The quantitative estimate of drug-likeness (QED) is 0.448. The molecule has 0 bridgehead atoms. The molecule has 0 saturated carbocycles. The Balaban J connectivity index is 2.34. The fourth-order valence-corrected chi connectivity index (χ4v) is 2.26. The van der Waals surface area contributed by atoms with Crippen LogP contribution >= 0.6 is 11.8 Å². The molecule has 0 atom stereocenters. The Morgan fingerprint density at radius 1 is 1.53 bits per heavy atom. The van der Waals surface area contributed by atoms with E-state index in [1.807, 2.05) is 16.7 Å². The van der Waals surface area contributed by atoms with Gasteiger partial charge in [-0.25, -0.2) is 4.57 Å². The van der Waals surface area contributed by atoms with Crippen molar-refractivity contribution in [2.24, 2.45) is 0 Å². The molecule has 0 aliphatic carbocycles. The highest BCUT2D eigenvalue weighted by atomic mass is 32.2. The monoisotopic (exact) mass is 276 g/mol. The molecule has 6 nitrogen and oxygen atoms in total. The number of pyridine rings is 1. The topological polar surface area (TPSA) is 85.6 Å². The van der Waals surface area contributed by atoms with Crippen molar-refractivity contribution < 1.29 is 14.5 Å². The number of allylic oxidation sites excluding steroid dienone is 1. The third-order valence-corrected chi connectivity index (χ3v) is 3.29. The molecule has 2 heterocycles. The van der Waals surface area contributed by atoms with Gasteiger partial charge < -0.3 is 9.90 Å². The van der Waals surface area contributed by atoms with Gasteiger partial charge >= 0.3 is 5.16 Å². The molecule has 0 fully saturated rings. The molecule has 19 heavy (non-hydrogen) atoms. The van der Waals surface area contributed by atoms with Gasteiger partial charge in [0.15, 0.2) is 0 Å². The zero-order chi connectivity index (χ0) is 13.7. The van der Waals surface area contributed by atoms with Crippen LogP contribution in [0.5, 0.6) is 0 Å². The van der Waals surface area contributed by atoms with E-state index in [-0.39, 0.29) is 5.75 Å². The minimum absolute atomic E-state index is 0.141. The summed E-state index contributed by atoms with van der Waals surface area (Å²) in [5.74, 6) is -0.482. The average Bonchev–Trinajstić information content (AvgIpc) is 2.81. The van der Waals surface area contributed by atoms with Crippen LogP contribution in [0.4, 0.5) is 0 Å². The second-order valence-corrected chi connectivity index (χ2v) is 4.59. The number of carboxylic acids is 1. The predicted octanol–water partition coefficient (Wildman–Crippen LogP) is -0.213. The number of thioether (sulfide) groups is 1. The number of hydrogen-bond donors (Lipinski definition) is 1. The molecule has 0 aliphatic rings. The van der Waals surface area contributed by atoms with Crippen LogP contribution in [0.1, 0.15) is 0 Å². The number of nitrogens with zero attached hydrogens (tertiary/aromatic N) is 3. The SMILES string of the molecule is C=CC[n+]1c(SCC(=O)[O-])n[nH]c1-c1ccncc1. The van der Waals surface area contributed by atoms with Crippen LogP contribution in [0.2, 0.25) is 0 Å². The molecule has 0 radical (unpaired) electrons. The molecule has 2 aromatic heterocycles. The summed E-state index contributed by atoms with van der Waals surface area (Å²) in [5.41, 5.74) is 0.921. The van der Waals surface area contributed by atoms with Gasteiger partial charge in [-0.2, -0.15) is 0 Å². The first-order valence-corrected chi connectivity index (χ1v) is 6.53. The molecular weight excluding hydrogens is 264 g/mol. The maximum absolute atomic E-state index is 10.5. The Labute approximate surface area is 114 Å². The summed E-state index contributed by atoms with van der Waals surface area (Å²) in [7, 11) is 0. The van der Waals surface area contributed by atoms with E-state index in [0.29, 0.717) is 11.7 Å². The summed E-state index contributed by atoms with van der Waals surface area (Å²) in [6, 6.07) is 3.70. The summed E-state index contributed by atoms with van der Waals surface area (Å²) in [4.78, 5) is 14.5. The minimum Gasteiger partial charge on any atom is -0.549 e. The number of carbonyl (C=O) groups excluding carboxylic acids is 1. The fourth-order valence-electron chi connectivity index (χ4n) is 1.58. The number of aliphatic carboxylic acids is 1. The molecule has 0 saturated heterocycles. The Morgan fingerprint density at radius 2 is 2.26 bits per heavy atom. The Morgan fingerprint density at radius 3 is 2.89 bits per heavy atom. The average molecular weight is 276 g/mol. The lowest BCUT2D eigenvalue weighted by Crippen LogP contribution is -2.36. The van der Waals surface area contributed by atoms with Crippen LogP contribution < -0.4 is 9.67 Å². The first kappa shape index (κ1) is 13.3. The van der Waals surface area contributed by atoms with E-state index in [1.165, 1.54) is 0 Å². The number of hydrogen-bond acceptors (Lipinski definition) is 5. The summed E-state index contributed by atoms with van der Waals surface area (Å²) in [5, 5.41) is 18.1. The summed E-state index contributed by atoms with van der Waals surface area (Å²) in [6.45, 7) is 4.23. The van der Waals surface area contributed by atoms with E-state index < -0.39 is 5.97 Å². The van der Waals surface area contributed by atoms with Crippen LogP contribution in [-0.2, 0) is 11.3 Å². The first-order valence-electron chi connectivity index (χ1n) is 5.54. The Kier molecular flexibility index (Phi) is 4.30. The van der Waals surface area contributed by atoms with Crippen LogP contribution in [0.3, 0.4) is 0 Å². The normalized spacial score (nSPS) is 10.3. The van der Waals surface area contributed by atoms with Gasteiger partial charge in [0.25, 0.3) is 5.82 Å². The lowest BCUT2D eigenvalue weighted by molar-refractivity contribution is -0.713. The lowest BCUT2D eigenvalue weighted by atomic mass is 10.2. The van der Waals surface area contributed by atoms with E-state index in [9.17, 15) is 9.90 Å². The molecule has 98 valence electrons. The van der Waals surface area contributed by atoms with E-state index in [1.54, 1.807) is 18.5 Å². The summed E-state index contributed by atoms with van der Waals surface area (Å²) >= 11 is 1.11. The van der Waals surface area contributed by atoms with Gasteiger partial charge in [-0.1, -0.05) is 12.7 Å². The molecule has 0 aromatic carbocycles. The molecule has 7 heteroatoms. The highest BCUT2D eigenvalue weighted by Gasteiger charge is 2.20. The van der Waals surface area contributed by atoms with Gasteiger partial charge in [0, 0.05) is 18.1 Å². The third-order valence-electron chi connectivity index (χ3n) is 2.34. The van der Waals surface area contributed by atoms with E-state index in [4.69, 9.17) is 0 Å². The molecule has 2 aromatic rings. The maximum atomic E-state index is 10.5. The zero-order valence-corrected chi connectivity index (χ0v) is 10.9. The minimum atomic E-state index is -1.12. The van der Waals surface area contributed by atoms with E-state index in [0.717, 1.165) is 23.1 Å². The highest BCUT2D eigenvalue weighted by Crippen LogP contribution is 2.16. The number of aromatic nitrogens is 4. The standard InChI is InChI=1S/C12H12N4O2S/c1-2-7-16-11(9-3-5-13-6-4-9)14-15-12(16)19-8-10(17)18/h2-6H,1,7-8H2,(H,17,18). The number of carboxylic acid groups (broad SMARTS) is 1. The van der Waals surface area contributed by atoms with Crippen LogP contribution in [0, 0.1) is 0 Å². The Bertz CT molecular complexity index is 583. The van der Waals surface area contributed by atoms with Crippen LogP contribution in [0.15, 0.2) is 42.3 Å². The second kappa shape index (κ2) is 6.14. The smallest absolute Gasteiger partial charge is 0.337 e. The van der Waals surface area contributed by atoms with Crippen molar-refractivity contribution in [2.45, 2.75) is 11.7 Å². The number of H-pyrrole nitrogens is 1. The van der Waals surface area contributed by atoms with Gasteiger partial charge in [-0.15, -0.1) is 5.10 Å². The molecule has 0 spiro atoms. The maximum Gasteiger partial charge on any atom is 0.337 e. The molecule has 0 amide bonds. The number of rotatable bonds is 6. The number of aromatic amines is 1. The van der Waals surface area contributed by atoms with Gasteiger partial charge in [-0.05, 0) is 23.9 Å². The molecule has 2 rings (SSSR count). The van der Waals surface area contributed by atoms with Gasteiger partial charge in [0.05, 0.1) is 23.2 Å². The number of carbonyl (C=O) groups is 1. The van der Waals surface area contributed by atoms with Crippen molar-refractivity contribution in [2.75, 3.05) is 5.75 Å².